The van der Waals surface area contributed by atoms with E-state index in [4.69, 9.17) is 10.2 Å². The molecule has 18 heavy (non-hydrogen) atoms. The van der Waals surface area contributed by atoms with Crippen LogP contribution in [0.3, 0.4) is 0 Å². The van der Waals surface area contributed by atoms with E-state index in [1.165, 1.54) is 0 Å². The van der Waals surface area contributed by atoms with Crippen molar-refractivity contribution < 1.29 is 37.0 Å². The van der Waals surface area contributed by atoms with Gasteiger partial charge < -0.3 is 10.2 Å². The Bertz CT molecular complexity index is 472. The maximum absolute atomic E-state index is 12.4. The van der Waals surface area contributed by atoms with Gasteiger partial charge in [0.2, 0.25) is 0 Å². The molecule has 0 fully saturated rings. The van der Waals surface area contributed by atoms with Crippen LogP contribution in [0.1, 0.15) is 23.4 Å². The number of carboxylic acids is 1. The van der Waals surface area contributed by atoms with Crippen molar-refractivity contribution in [1.29, 1.82) is 0 Å². The van der Waals surface area contributed by atoms with Crippen molar-refractivity contribution in [1.82, 2.24) is 4.98 Å². The molecular formula is C9H6F5NO3. The van der Waals surface area contributed by atoms with E-state index in [9.17, 15) is 26.7 Å². The molecule has 0 radical (unpaired) electrons. The van der Waals surface area contributed by atoms with Crippen LogP contribution >= 0.6 is 0 Å². The third-order valence-corrected chi connectivity index (χ3v) is 1.92. The first kappa shape index (κ1) is 14.1. The lowest BCUT2D eigenvalue weighted by atomic mass is 10.1. The molecule has 1 rings (SSSR count). The van der Waals surface area contributed by atoms with E-state index in [1.54, 1.807) is 0 Å². The van der Waals surface area contributed by atoms with Gasteiger partial charge in [0.05, 0.1) is 12.1 Å². The Hall–Kier alpha value is -1.93. The normalized spacial score (nSPS) is 11.9. The van der Waals surface area contributed by atoms with E-state index in [0.717, 1.165) is 0 Å². The molecule has 0 aliphatic heterocycles. The van der Waals surface area contributed by atoms with Gasteiger partial charge in [-0.05, 0) is 6.07 Å². The number of aromatic hydroxyl groups is 1. The second-order valence-corrected chi connectivity index (χ2v) is 3.26. The third kappa shape index (κ3) is 3.05. The van der Waals surface area contributed by atoms with Crippen LogP contribution in [-0.2, 0) is 17.4 Å². The second-order valence-electron chi connectivity index (χ2n) is 3.26. The van der Waals surface area contributed by atoms with Crippen LogP contribution in [0.5, 0.6) is 5.75 Å². The first-order valence-corrected chi connectivity index (χ1v) is 4.43. The summed E-state index contributed by atoms with van der Waals surface area (Å²) in [5.41, 5.74) is -3.92. The number of alkyl halides is 5. The average molecular weight is 271 g/mol. The molecule has 0 spiro atoms. The predicted octanol–water partition coefficient (Wildman–Crippen LogP) is 2.37. The van der Waals surface area contributed by atoms with Gasteiger partial charge in [-0.1, -0.05) is 0 Å². The van der Waals surface area contributed by atoms with Crippen LogP contribution in [0.15, 0.2) is 6.07 Å². The van der Waals surface area contributed by atoms with Crippen molar-refractivity contribution in [3.8, 4) is 5.75 Å². The van der Waals surface area contributed by atoms with Crippen LogP contribution in [0, 0.1) is 0 Å². The summed E-state index contributed by atoms with van der Waals surface area (Å²) >= 11 is 0. The van der Waals surface area contributed by atoms with E-state index >= 15 is 0 Å². The van der Waals surface area contributed by atoms with E-state index in [0.29, 0.717) is 0 Å². The molecule has 1 aromatic heterocycles. The summed E-state index contributed by atoms with van der Waals surface area (Å²) in [5, 5.41) is 17.4. The van der Waals surface area contributed by atoms with Crippen LogP contribution in [0.2, 0.25) is 0 Å². The minimum atomic E-state index is -5.08. The largest absolute Gasteiger partial charge is 0.505 e. The van der Waals surface area contributed by atoms with Gasteiger partial charge >= 0.3 is 12.1 Å². The van der Waals surface area contributed by atoms with Gasteiger partial charge in [-0.15, -0.1) is 0 Å². The standard InChI is InChI=1S/C9H6F5NO3/c10-8(11)6-7(18)4(9(12,13)14)1-3(15-6)2-5(16)17/h1,8,18H,2H2,(H,16,17). The number of nitrogens with zero attached hydrogens (tertiary/aromatic N) is 1. The van der Waals surface area contributed by atoms with Gasteiger partial charge in [0.25, 0.3) is 6.43 Å². The van der Waals surface area contributed by atoms with E-state index in [1.807, 2.05) is 0 Å². The monoisotopic (exact) mass is 271 g/mol. The number of carbonyl (C=O) groups is 1. The van der Waals surface area contributed by atoms with Crippen molar-refractivity contribution in [2.75, 3.05) is 0 Å². The highest BCUT2D eigenvalue weighted by Crippen LogP contribution is 2.40. The molecule has 100 valence electrons. The van der Waals surface area contributed by atoms with Crippen LogP contribution < -0.4 is 0 Å². The first-order chi connectivity index (χ1) is 8.12. The maximum Gasteiger partial charge on any atom is 0.420 e. The summed E-state index contributed by atoms with van der Waals surface area (Å²) in [6, 6.07) is 0.231. The molecule has 0 saturated heterocycles. The Kier molecular flexibility index (Phi) is 3.73. The van der Waals surface area contributed by atoms with Crippen LogP contribution in [0.25, 0.3) is 0 Å². The summed E-state index contributed by atoms with van der Waals surface area (Å²) in [5.74, 6) is -3.21. The van der Waals surface area contributed by atoms with Gasteiger partial charge in [-0.3, -0.25) is 4.79 Å². The highest BCUT2D eigenvalue weighted by Gasteiger charge is 2.37. The fourth-order valence-corrected chi connectivity index (χ4v) is 1.23. The lowest BCUT2D eigenvalue weighted by Crippen LogP contribution is -2.12. The Morgan fingerprint density at radius 3 is 2.33 bits per heavy atom. The summed E-state index contributed by atoms with van der Waals surface area (Å²) in [7, 11) is 0. The SMILES string of the molecule is O=C(O)Cc1cc(C(F)(F)F)c(O)c(C(F)F)n1. The molecular weight excluding hydrogens is 265 g/mol. The Morgan fingerprint density at radius 2 is 1.94 bits per heavy atom. The number of aliphatic carboxylic acids is 1. The zero-order valence-corrected chi connectivity index (χ0v) is 8.50. The molecule has 0 atom stereocenters. The zero-order valence-electron chi connectivity index (χ0n) is 8.50. The lowest BCUT2D eigenvalue weighted by Gasteiger charge is -2.13. The number of carboxylic acid groups (broad SMARTS) is 1. The molecule has 0 aromatic carbocycles. The summed E-state index contributed by atoms with van der Waals surface area (Å²) in [6.07, 6.45) is -9.48. The number of pyridine rings is 1. The highest BCUT2D eigenvalue weighted by molar-refractivity contribution is 5.69. The summed E-state index contributed by atoms with van der Waals surface area (Å²) in [4.78, 5) is 13.3. The first-order valence-electron chi connectivity index (χ1n) is 4.43. The fourth-order valence-electron chi connectivity index (χ4n) is 1.23. The molecule has 1 heterocycles. The minimum absolute atomic E-state index is 0.231. The molecule has 0 bridgehead atoms. The molecule has 0 aliphatic carbocycles. The highest BCUT2D eigenvalue weighted by atomic mass is 19.4. The van der Waals surface area contributed by atoms with E-state index in [-0.39, 0.29) is 6.07 Å². The lowest BCUT2D eigenvalue weighted by molar-refractivity contribution is -0.140. The van der Waals surface area contributed by atoms with E-state index in [2.05, 4.69) is 4.98 Å². The molecule has 4 nitrogen and oxygen atoms in total. The minimum Gasteiger partial charge on any atom is -0.505 e. The third-order valence-electron chi connectivity index (χ3n) is 1.92. The van der Waals surface area contributed by atoms with Crippen molar-refractivity contribution in [2.24, 2.45) is 0 Å². The van der Waals surface area contributed by atoms with Gasteiger partial charge in [0.1, 0.15) is 11.3 Å². The smallest absolute Gasteiger partial charge is 0.420 e. The van der Waals surface area contributed by atoms with E-state index < -0.39 is 47.7 Å². The Labute approximate surface area is 96.7 Å². The molecule has 0 amide bonds. The summed E-state index contributed by atoms with van der Waals surface area (Å²) < 4.78 is 62.0. The molecule has 0 saturated carbocycles. The quantitative estimate of drug-likeness (QED) is 0.828. The Balaban J connectivity index is 3.42. The molecule has 9 heteroatoms. The number of rotatable bonds is 3. The van der Waals surface area contributed by atoms with Crippen LogP contribution in [0.4, 0.5) is 22.0 Å². The topological polar surface area (TPSA) is 70.4 Å². The molecule has 1 aromatic rings. The molecule has 2 N–H and O–H groups in total. The second kappa shape index (κ2) is 4.75. The van der Waals surface area contributed by atoms with Crippen molar-refractivity contribution in [2.45, 2.75) is 19.0 Å². The Morgan fingerprint density at radius 1 is 1.39 bits per heavy atom. The molecule has 0 aliphatic rings. The number of hydrogen-bond donors (Lipinski definition) is 2. The van der Waals surface area contributed by atoms with Crippen molar-refractivity contribution in [3.63, 3.8) is 0 Å². The van der Waals surface area contributed by atoms with Gasteiger partial charge in [-0.25, -0.2) is 13.8 Å². The fraction of sp³-hybridized carbons (Fsp3) is 0.333. The van der Waals surface area contributed by atoms with Crippen molar-refractivity contribution >= 4 is 5.97 Å². The van der Waals surface area contributed by atoms with Crippen LogP contribution in [-0.4, -0.2) is 21.2 Å². The number of halogens is 5. The zero-order chi connectivity index (χ0) is 14.1. The van der Waals surface area contributed by atoms with Crippen molar-refractivity contribution in [3.05, 3.63) is 23.0 Å². The summed E-state index contributed by atoms with van der Waals surface area (Å²) in [6.45, 7) is 0. The number of hydrogen-bond acceptors (Lipinski definition) is 3. The maximum atomic E-state index is 12.4. The van der Waals surface area contributed by atoms with Gasteiger partial charge in [0, 0.05) is 0 Å². The van der Waals surface area contributed by atoms with Gasteiger partial charge in [0.15, 0.2) is 5.75 Å². The predicted molar refractivity (Wildman–Crippen MR) is 47.2 cm³/mol. The average Bonchev–Trinajstić information content (AvgIpc) is 2.17. The van der Waals surface area contributed by atoms with Gasteiger partial charge in [-0.2, -0.15) is 13.2 Å². The molecule has 0 unspecified atom stereocenters. The number of aromatic nitrogens is 1.